The molecule has 11 rings (SSSR count). The van der Waals surface area contributed by atoms with Crippen LogP contribution in [0.4, 0.5) is 0 Å². The van der Waals surface area contributed by atoms with E-state index < -0.39 is 0 Å². The van der Waals surface area contributed by atoms with Crippen LogP contribution in [0.3, 0.4) is 0 Å². The maximum absolute atomic E-state index is 5.14. The van der Waals surface area contributed by atoms with Crippen molar-refractivity contribution in [3.8, 4) is 28.3 Å². The summed E-state index contributed by atoms with van der Waals surface area (Å²) < 4.78 is 6.38. The van der Waals surface area contributed by atoms with Crippen LogP contribution in [0.1, 0.15) is 0 Å². The van der Waals surface area contributed by atoms with Gasteiger partial charge in [-0.3, -0.25) is 0 Å². The van der Waals surface area contributed by atoms with Crippen LogP contribution < -0.4 is 0 Å². The molecule has 0 bridgehead atoms. The van der Waals surface area contributed by atoms with Crippen LogP contribution in [-0.2, 0) is 0 Å². The number of thiophene rings is 2. The fourth-order valence-electron chi connectivity index (χ4n) is 7.55. The van der Waals surface area contributed by atoms with E-state index in [1.54, 1.807) is 0 Å². The standard InChI is InChI=1S/C43H24N4S2/c1-2-11-25(12-3-1)38-28-13-4-7-17-32(28)45-42(46-38)26-20-22-27(23-21-26)47-33-18-8-5-14-29(33)35-36-31-16-10-24-44-43(31)49-40(36)37-30-15-6-9-19-34(30)48-41(37)39(35)47/h1-24H. The first-order chi connectivity index (χ1) is 24.3. The van der Waals surface area contributed by atoms with Gasteiger partial charge in [0.15, 0.2) is 5.82 Å². The van der Waals surface area contributed by atoms with Gasteiger partial charge in [0.2, 0.25) is 0 Å². The maximum Gasteiger partial charge on any atom is 0.160 e. The quantitative estimate of drug-likeness (QED) is 0.189. The summed E-state index contributed by atoms with van der Waals surface area (Å²) in [7, 11) is 0. The molecule has 6 heteroatoms. The molecule has 0 unspecified atom stereocenters. The van der Waals surface area contributed by atoms with Crippen LogP contribution in [0.2, 0.25) is 0 Å². The molecule has 0 fully saturated rings. The molecule has 0 aliphatic rings. The fourth-order valence-corrected chi connectivity index (χ4v) is 10.1. The molecule has 4 nitrogen and oxygen atoms in total. The zero-order valence-corrected chi connectivity index (χ0v) is 27.6. The van der Waals surface area contributed by atoms with E-state index in [4.69, 9.17) is 15.0 Å². The van der Waals surface area contributed by atoms with Gasteiger partial charge in [-0.2, -0.15) is 0 Å². The van der Waals surface area contributed by atoms with E-state index in [0.29, 0.717) is 0 Å². The van der Waals surface area contributed by atoms with E-state index in [0.717, 1.165) is 44.1 Å². The molecule has 0 amide bonds. The minimum atomic E-state index is 0.720. The lowest BCUT2D eigenvalue weighted by Gasteiger charge is -2.12. The van der Waals surface area contributed by atoms with Gasteiger partial charge in [0.05, 0.1) is 26.9 Å². The van der Waals surface area contributed by atoms with Crippen molar-refractivity contribution in [1.82, 2.24) is 19.5 Å². The Morgan fingerprint density at radius 2 is 1.22 bits per heavy atom. The maximum atomic E-state index is 5.14. The number of pyridine rings is 1. The molecule has 6 aromatic carbocycles. The molecule has 0 aliphatic heterocycles. The topological polar surface area (TPSA) is 43.6 Å². The van der Waals surface area contributed by atoms with Gasteiger partial charge < -0.3 is 4.57 Å². The SMILES string of the molecule is c1ccc(-c2nc(-c3ccc(-n4c5ccccc5c5c6c7cccnc7sc6c6c7ccccc7sc6c54)cc3)nc3ccccc23)cc1. The fraction of sp³-hybridized carbons (Fsp3) is 0. The van der Waals surface area contributed by atoms with Gasteiger partial charge in [-0.05, 0) is 54.6 Å². The molecule has 0 radical (unpaired) electrons. The second-order valence-electron chi connectivity index (χ2n) is 12.4. The Bertz CT molecular complexity index is 3100. The molecule has 5 aromatic heterocycles. The summed E-state index contributed by atoms with van der Waals surface area (Å²) in [5.74, 6) is 0.720. The molecule has 0 saturated heterocycles. The normalized spacial score (nSPS) is 12.1. The number of rotatable bonds is 3. The molecule has 0 saturated carbocycles. The molecule has 5 heterocycles. The van der Waals surface area contributed by atoms with Gasteiger partial charge in [-0.25, -0.2) is 15.0 Å². The van der Waals surface area contributed by atoms with Gasteiger partial charge in [0.1, 0.15) is 4.83 Å². The van der Waals surface area contributed by atoms with Crippen molar-refractivity contribution in [3.63, 3.8) is 0 Å². The zero-order chi connectivity index (χ0) is 32.1. The lowest BCUT2D eigenvalue weighted by atomic mass is 10.0. The summed E-state index contributed by atoms with van der Waals surface area (Å²) in [6.45, 7) is 0. The van der Waals surface area contributed by atoms with Crippen molar-refractivity contribution in [1.29, 1.82) is 0 Å². The number of aromatic nitrogens is 4. The summed E-state index contributed by atoms with van der Waals surface area (Å²) in [6.07, 6.45) is 1.91. The average Bonchev–Trinajstić information content (AvgIpc) is 3.85. The molecule has 0 aliphatic carbocycles. The molecule has 0 N–H and O–H groups in total. The Hall–Kier alpha value is -5.95. The predicted molar refractivity (Wildman–Crippen MR) is 208 cm³/mol. The van der Waals surface area contributed by atoms with E-state index in [9.17, 15) is 0 Å². The van der Waals surface area contributed by atoms with Crippen molar-refractivity contribution in [2.75, 3.05) is 0 Å². The van der Waals surface area contributed by atoms with Crippen LogP contribution in [0, 0.1) is 0 Å². The highest BCUT2D eigenvalue weighted by Crippen LogP contribution is 2.51. The van der Waals surface area contributed by atoms with E-state index >= 15 is 0 Å². The van der Waals surface area contributed by atoms with E-state index in [2.05, 4.69) is 132 Å². The molecule has 0 spiro atoms. The summed E-state index contributed by atoms with van der Waals surface area (Å²) >= 11 is 3.70. The van der Waals surface area contributed by atoms with Crippen molar-refractivity contribution in [2.24, 2.45) is 0 Å². The third-order valence-corrected chi connectivity index (χ3v) is 12.0. The second-order valence-corrected chi connectivity index (χ2v) is 14.4. The summed E-state index contributed by atoms with van der Waals surface area (Å²) in [5, 5.41) is 8.72. The number of fused-ring (bicyclic) bond motifs is 13. The Morgan fingerprint density at radius 3 is 2.10 bits per heavy atom. The lowest BCUT2D eigenvalue weighted by molar-refractivity contribution is 1.18. The van der Waals surface area contributed by atoms with Gasteiger partial charge in [0, 0.05) is 70.1 Å². The predicted octanol–water partition coefficient (Wildman–Crippen LogP) is 12.2. The van der Waals surface area contributed by atoms with Gasteiger partial charge >= 0.3 is 0 Å². The number of hydrogen-bond acceptors (Lipinski definition) is 5. The van der Waals surface area contributed by atoms with Crippen molar-refractivity contribution < 1.29 is 0 Å². The highest BCUT2D eigenvalue weighted by Gasteiger charge is 2.24. The molecule has 0 atom stereocenters. The molecular formula is C43H24N4S2. The van der Waals surface area contributed by atoms with Crippen molar-refractivity contribution >= 4 is 95.9 Å². The van der Waals surface area contributed by atoms with Crippen LogP contribution in [0.15, 0.2) is 146 Å². The monoisotopic (exact) mass is 660 g/mol. The van der Waals surface area contributed by atoms with E-state index in [1.165, 1.54) is 57.5 Å². The molecular weight excluding hydrogens is 637 g/mol. The summed E-state index contributed by atoms with van der Waals surface area (Å²) in [5.41, 5.74) is 7.49. The summed E-state index contributed by atoms with van der Waals surface area (Å²) in [6, 6.07) is 49.4. The first-order valence-electron chi connectivity index (χ1n) is 16.3. The lowest BCUT2D eigenvalue weighted by Crippen LogP contribution is -1.97. The van der Waals surface area contributed by atoms with Crippen LogP contribution in [-0.4, -0.2) is 19.5 Å². The Kier molecular flexibility index (Phi) is 5.67. The average molecular weight is 661 g/mol. The molecule has 11 aromatic rings. The van der Waals surface area contributed by atoms with Gasteiger partial charge in [0.25, 0.3) is 0 Å². The Morgan fingerprint density at radius 1 is 0.490 bits per heavy atom. The smallest absolute Gasteiger partial charge is 0.160 e. The van der Waals surface area contributed by atoms with Crippen molar-refractivity contribution in [3.05, 3.63) is 146 Å². The zero-order valence-electron chi connectivity index (χ0n) is 26.0. The van der Waals surface area contributed by atoms with E-state index in [-0.39, 0.29) is 0 Å². The minimum absolute atomic E-state index is 0.720. The number of para-hydroxylation sites is 2. The number of nitrogens with zero attached hydrogens (tertiary/aromatic N) is 4. The second kappa shape index (κ2) is 10.3. The van der Waals surface area contributed by atoms with Gasteiger partial charge in [-0.1, -0.05) is 84.9 Å². The molecule has 49 heavy (non-hydrogen) atoms. The van der Waals surface area contributed by atoms with Crippen LogP contribution in [0.5, 0.6) is 0 Å². The largest absolute Gasteiger partial charge is 0.308 e. The van der Waals surface area contributed by atoms with Crippen LogP contribution in [0.25, 0.3) is 102 Å². The third kappa shape index (κ3) is 3.87. The summed E-state index contributed by atoms with van der Waals surface area (Å²) in [4.78, 5) is 16.1. The molecule has 228 valence electrons. The van der Waals surface area contributed by atoms with Gasteiger partial charge in [-0.15, -0.1) is 22.7 Å². The first-order valence-corrected chi connectivity index (χ1v) is 17.9. The number of hydrogen-bond donors (Lipinski definition) is 0. The highest BCUT2D eigenvalue weighted by atomic mass is 32.1. The number of benzene rings is 6. The highest BCUT2D eigenvalue weighted by molar-refractivity contribution is 7.30. The van der Waals surface area contributed by atoms with E-state index in [1.807, 2.05) is 41.0 Å². The Labute approximate surface area is 288 Å². The Balaban J connectivity index is 1.20. The van der Waals surface area contributed by atoms with Crippen LogP contribution >= 0.6 is 22.7 Å². The van der Waals surface area contributed by atoms with Crippen molar-refractivity contribution in [2.45, 2.75) is 0 Å². The minimum Gasteiger partial charge on any atom is -0.308 e. The first kappa shape index (κ1) is 27.0. The third-order valence-electron chi connectivity index (χ3n) is 9.66.